The Labute approximate surface area is 91.2 Å². The molecule has 0 amide bonds. The maximum atomic E-state index is 11.5. The highest BCUT2D eigenvalue weighted by Crippen LogP contribution is 2.25. The Morgan fingerprint density at radius 2 is 2.27 bits per heavy atom. The van der Waals surface area contributed by atoms with Gasteiger partial charge in [0.1, 0.15) is 0 Å². The van der Waals surface area contributed by atoms with Gasteiger partial charge in [-0.25, -0.2) is 0 Å². The number of hydrogen-bond acceptors (Lipinski definition) is 4. The molecule has 1 aliphatic rings. The molecular weight excluding hydrogens is 194 g/mol. The summed E-state index contributed by atoms with van der Waals surface area (Å²) in [4.78, 5) is 13.7. The standard InChI is InChI=1S/C11H21NO3/c1-11(2,10(14)15-3)8-12-6-4-5-9(12)7-13/h9,13H,4-8H2,1-3H3/t9-/m0/s1. The third kappa shape index (κ3) is 2.92. The molecule has 4 nitrogen and oxygen atoms in total. The van der Waals surface area contributed by atoms with E-state index in [0.717, 1.165) is 19.4 Å². The van der Waals surface area contributed by atoms with Crippen LogP contribution in [0.1, 0.15) is 26.7 Å². The normalized spacial score (nSPS) is 23.1. The first kappa shape index (κ1) is 12.5. The van der Waals surface area contributed by atoms with Crippen molar-refractivity contribution < 1.29 is 14.6 Å². The first-order valence-electron chi connectivity index (χ1n) is 5.44. The van der Waals surface area contributed by atoms with Gasteiger partial charge in [-0.1, -0.05) is 0 Å². The van der Waals surface area contributed by atoms with Crippen LogP contribution in [0.4, 0.5) is 0 Å². The van der Waals surface area contributed by atoms with Gasteiger partial charge in [0.05, 0.1) is 19.1 Å². The minimum atomic E-state index is -0.494. The van der Waals surface area contributed by atoms with Gasteiger partial charge >= 0.3 is 5.97 Å². The van der Waals surface area contributed by atoms with Crippen molar-refractivity contribution in [3.63, 3.8) is 0 Å². The quantitative estimate of drug-likeness (QED) is 0.699. The zero-order chi connectivity index (χ0) is 11.5. The van der Waals surface area contributed by atoms with Crippen LogP contribution in [0.5, 0.6) is 0 Å². The van der Waals surface area contributed by atoms with Crippen LogP contribution in [-0.2, 0) is 9.53 Å². The van der Waals surface area contributed by atoms with Crippen molar-refractivity contribution in [3.05, 3.63) is 0 Å². The predicted molar refractivity (Wildman–Crippen MR) is 57.5 cm³/mol. The van der Waals surface area contributed by atoms with Gasteiger partial charge in [0.25, 0.3) is 0 Å². The zero-order valence-corrected chi connectivity index (χ0v) is 9.82. The van der Waals surface area contributed by atoms with Crippen molar-refractivity contribution in [2.24, 2.45) is 5.41 Å². The van der Waals surface area contributed by atoms with E-state index in [9.17, 15) is 9.90 Å². The summed E-state index contributed by atoms with van der Waals surface area (Å²) in [5.41, 5.74) is -0.494. The highest BCUT2D eigenvalue weighted by Gasteiger charge is 2.35. The smallest absolute Gasteiger partial charge is 0.312 e. The summed E-state index contributed by atoms with van der Waals surface area (Å²) in [6.45, 7) is 5.56. The summed E-state index contributed by atoms with van der Waals surface area (Å²) in [6.07, 6.45) is 2.12. The molecule has 1 rings (SSSR count). The Kier molecular flexibility index (Phi) is 4.11. The van der Waals surface area contributed by atoms with E-state index in [4.69, 9.17) is 4.74 Å². The minimum absolute atomic E-state index is 0.178. The number of nitrogens with zero attached hydrogens (tertiary/aromatic N) is 1. The summed E-state index contributed by atoms with van der Waals surface area (Å²) in [7, 11) is 1.41. The van der Waals surface area contributed by atoms with Crippen molar-refractivity contribution in [2.75, 3.05) is 26.8 Å². The van der Waals surface area contributed by atoms with Gasteiger partial charge in [-0.3, -0.25) is 9.69 Å². The highest BCUT2D eigenvalue weighted by atomic mass is 16.5. The third-order valence-corrected chi connectivity index (χ3v) is 3.05. The van der Waals surface area contributed by atoms with E-state index in [2.05, 4.69) is 4.90 Å². The molecule has 0 saturated carbocycles. The van der Waals surface area contributed by atoms with Crippen LogP contribution in [0.15, 0.2) is 0 Å². The van der Waals surface area contributed by atoms with Gasteiger partial charge in [0.2, 0.25) is 0 Å². The maximum absolute atomic E-state index is 11.5. The topological polar surface area (TPSA) is 49.8 Å². The lowest BCUT2D eigenvalue weighted by atomic mass is 9.92. The number of esters is 1. The Morgan fingerprint density at radius 1 is 1.60 bits per heavy atom. The molecule has 1 N–H and O–H groups in total. The third-order valence-electron chi connectivity index (χ3n) is 3.05. The summed E-state index contributed by atoms with van der Waals surface area (Å²) in [5, 5.41) is 9.17. The Bertz CT molecular complexity index is 228. The average Bonchev–Trinajstić information content (AvgIpc) is 2.63. The van der Waals surface area contributed by atoms with Gasteiger partial charge in [-0.2, -0.15) is 0 Å². The lowest BCUT2D eigenvalue weighted by Gasteiger charge is -2.31. The first-order valence-corrected chi connectivity index (χ1v) is 5.44. The van der Waals surface area contributed by atoms with Gasteiger partial charge in [-0.15, -0.1) is 0 Å². The van der Waals surface area contributed by atoms with E-state index in [1.54, 1.807) is 0 Å². The number of methoxy groups -OCH3 is 1. The monoisotopic (exact) mass is 215 g/mol. The molecular formula is C11H21NO3. The van der Waals surface area contributed by atoms with Gasteiger partial charge in [0, 0.05) is 12.6 Å². The summed E-state index contributed by atoms with van der Waals surface area (Å²) in [6, 6.07) is 0.217. The van der Waals surface area contributed by atoms with Crippen molar-refractivity contribution in [2.45, 2.75) is 32.7 Å². The number of carbonyl (C=O) groups is 1. The second kappa shape index (κ2) is 4.94. The summed E-state index contributed by atoms with van der Waals surface area (Å²) < 4.78 is 4.77. The molecule has 1 fully saturated rings. The van der Waals surface area contributed by atoms with Crippen LogP contribution in [0.2, 0.25) is 0 Å². The number of aliphatic hydroxyl groups excluding tert-OH is 1. The number of carbonyl (C=O) groups excluding carboxylic acids is 1. The van der Waals surface area contributed by atoms with Crippen molar-refractivity contribution in [1.29, 1.82) is 0 Å². The van der Waals surface area contributed by atoms with E-state index in [1.165, 1.54) is 7.11 Å². The molecule has 1 saturated heterocycles. The van der Waals surface area contributed by atoms with E-state index in [0.29, 0.717) is 6.54 Å². The predicted octanol–water partition coefficient (Wildman–Crippen LogP) is 0.642. The molecule has 0 radical (unpaired) electrons. The van der Waals surface area contributed by atoms with Crippen LogP contribution in [0.25, 0.3) is 0 Å². The molecule has 4 heteroatoms. The van der Waals surface area contributed by atoms with Crippen LogP contribution >= 0.6 is 0 Å². The summed E-state index contributed by atoms with van der Waals surface area (Å²) >= 11 is 0. The molecule has 1 atom stereocenters. The maximum Gasteiger partial charge on any atom is 0.312 e. The molecule has 0 spiro atoms. The number of rotatable bonds is 4. The molecule has 0 aromatic heterocycles. The van der Waals surface area contributed by atoms with Crippen molar-refractivity contribution in [1.82, 2.24) is 4.90 Å². The van der Waals surface area contributed by atoms with Crippen LogP contribution in [-0.4, -0.2) is 48.8 Å². The second-order valence-electron chi connectivity index (χ2n) is 4.82. The second-order valence-corrected chi connectivity index (χ2v) is 4.82. The van der Waals surface area contributed by atoms with E-state index >= 15 is 0 Å². The summed E-state index contributed by atoms with van der Waals surface area (Å²) in [5.74, 6) is -0.189. The molecule has 0 aromatic rings. The zero-order valence-electron chi connectivity index (χ0n) is 9.82. The molecule has 15 heavy (non-hydrogen) atoms. The fourth-order valence-corrected chi connectivity index (χ4v) is 2.16. The lowest BCUT2D eigenvalue weighted by Crippen LogP contribution is -2.43. The molecule has 0 bridgehead atoms. The fraction of sp³-hybridized carbons (Fsp3) is 0.909. The molecule has 1 aliphatic heterocycles. The Hall–Kier alpha value is -0.610. The van der Waals surface area contributed by atoms with Crippen molar-refractivity contribution >= 4 is 5.97 Å². The largest absolute Gasteiger partial charge is 0.469 e. The molecule has 0 aromatic carbocycles. The van der Waals surface area contributed by atoms with Crippen molar-refractivity contribution in [3.8, 4) is 0 Å². The molecule has 0 unspecified atom stereocenters. The highest BCUT2D eigenvalue weighted by molar-refractivity contribution is 5.76. The Morgan fingerprint density at radius 3 is 2.80 bits per heavy atom. The number of likely N-dealkylation sites (tertiary alicyclic amines) is 1. The molecule has 0 aliphatic carbocycles. The van der Waals surface area contributed by atoms with Gasteiger partial charge in [0.15, 0.2) is 0 Å². The van der Waals surface area contributed by atoms with Crippen LogP contribution in [0, 0.1) is 5.41 Å². The molecule has 88 valence electrons. The first-order chi connectivity index (χ1) is 7.01. The average molecular weight is 215 g/mol. The van der Waals surface area contributed by atoms with Gasteiger partial charge < -0.3 is 9.84 Å². The number of aliphatic hydroxyl groups is 1. The van der Waals surface area contributed by atoms with E-state index in [-0.39, 0.29) is 18.6 Å². The Balaban J connectivity index is 2.56. The number of ether oxygens (including phenoxy) is 1. The molecule has 1 heterocycles. The van der Waals surface area contributed by atoms with Crippen LogP contribution < -0.4 is 0 Å². The van der Waals surface area contributed by atoms with E-state index < -0.39 is 5.41 Å². The van der Waals surface area contributed by atoms with Crippen LogP contribution in [0.3, 0.4) is 0 Å². The fourth-order valence-electron chi connectivity index (χ4n) is 2.16. The number of hydrogen-bond donors (Lipinski definition) is 1. The van der Waals surface area contributed by atoms with E-state index in [1.807, 2.05) is 13.8 Å². The lowest BCUT2D eigenvalue weighted by molar-refractivity contribution is -0.152. The SMILES string of the molecule is COC(=O)C(C)(C)CN1CCC[C@H]1CO. The minimum Gasteiger partial charge on any atom is -0.469 e. The van der Waals surface area contributed by atoms with Gasteiger partial charge in [-0.05, 0) is 33.2 Å².